The van der Waals surface area contributed by atoms with E-state index in [1.165, 1.54) is 5.56 Å². The van der Waals surface area contributed by atoms with Gasteiger partial charge in [0.1, 0.15) is 0 Å². The van der Waals surface area contributed by atoms with Crippen LogP contribution in [-0.4, -0.2) is 12.6 Å². The number of unbranched alkanes of at least 4 members (excludes halogenated alkanes) is 1. The van der Waals surface area contributed by atoms with E-state index in [0.29, 0.717) is 18.1 Å². The van der Waals surface area contributed by atoms with Crippen molar-refractivity contribution < 1.29 is 4.79 Å². The highest BCUT2D eigenvalue weighted by molar-refractivity contribution is 6.30. The molecule has 0 aliphatic heterocycles. The fourth-order valence-corrected chi connectivity index (χ4v) is 2.41. The fraction of sp³-hybridized carbons (Fsp3) is 0.278. The van der Waals surface area contributed by atoms with E-state index in [1.807, 2.05) is 30.3 Å². The summed E-state index contributed by atoms with van der Waals surface area (Å²) in [6.07, 6.45) is 3.09. The Bertz CT molecular complexity index is 587. The number of nitrogens with one attached hydrogen (secondary N) is 2. The molecule has 2 aromatic carbocycles. The Kier molecular flexibility index (Phi) is 6.78. The zero-order chi connectivity index (χ0) is 15.6. The number of urea groups is 1. The summed E-state index contributed by atoms with van der Waals surface area (Å²) in [7, 11) is 0. The Labute approximate surface area is 136 Å². The molecular formula is C18H21ClN2O. The average Bonchev–Trinajstić information content (AvgIpc) is 2.54. The summed E-state index contributed by atoms with van der Waals surface area (Å²) >= 11 is 5.90. The quantitative estimate of drug-likeness (QED) is 0.740. The first-order valence-corrected chi connectivity index (χ1v) is 7.92. The third-order valence-electron chi connectivity index (χ3n) is 3.36. The van der Waals surface area contributed by atoms with E-state index >= 15 is 0 Å². The molecule has 2 N–H and O–H groups in total. The van der Waals surface area contributed by atoms with Crippen LogP contribution in [0, 0.1) is 0 Å². The molecule has 0 bridgehead atoms. The number of carbonyl (C=O) groups excluding carboxylic acids is 1. The SMILES string of the molecule is O=C(NCCCCc1ccccc1)NCc1cccc(Cl)c1. The second-order valence-corrected chi connectivity index (χ2v) is 5.62. The molecule has 0 aliphatic carbocycles. The molecule has 0 aromatic heterocycles. The Morgan fingerprint density at radius 1 is 0.909 bits per heavy atom. The number of aryl methyl sites for hydroxylation is 1. The van der Waals surface area contributed by atoms with Crippen LogP contribution in [0.3, 0.4) is 0 Å². The lowest BCUT2D eigenvalue weighted by molar-refractivity contribution is 0.240. The van der Waals surface area contributed by atoms with Gasteiger partial charge in [0.2, 0.25) is 0 Å². The summed E-state index contributed by atoms with van der Waals surface area (Å²) < 4.78 is 0. The molecule has 3 nitrogen and oxygen atoms in total. The van der Waals surface area contributed by atoms with Crippen molar-refractivity contribution >= 4 is 17.6 Å². The molecule has 0 spiro atoms. The predicted molar refractivity (Wildman–Crippen MR) is 91.1 cm³/mol. The van der Waals surface area contributed by atoms with Crippen molar-refractivity contribution in [3.63, 3.8) is 0 Å². The fourth-order valence-electron chi connectivity index (χ4n) is 2.19. The van der Waals surface area contributed by atoms with E-state index in [0.717, 1.165) is 24.8 Å². The Hall–Kier alpha value is -2.00. The van der Waals surface area contributed by atoms with Crippen LogP contribution in [-0.2, 0) is 13.0 Å². The van der Waals surface area contributed by atoms with Crippen LogP contribution in [0.4, 0.5) is 4.79 Å². The molecule has 0 unspecified atom stereocenters. The van der Waals surface area contributed by atoms with E-state index in [2.05, 4.69) is 34.9 Å². The normalized spacial score (nSPS) is 10.2. The maximum Gasteiger partial charge on any atom is 0.315 e. The number of halogens is 1. The van der Waals surface area contributed by atoms with Crippen molar-refractivity contribution in [2.24, 2.45) is 0 Å². The molecule has 116 valence electrons. The maximum absolute atomic E-state index is 11.7. The van der Waals surface area contributed by atoms with Crippen molar-refractivity contribution in [2.45, 2.75) is 25.8 Å². The van der Waals surface area contributed by atoms with Crippen LogP contribution in [0.25, 0.3) is 0 Å². The van der Waals surface area contributed by atoms with Crippen molar-refractivity contribution in [1.82, 2.24) is 10.6 Å². The third kappa shape index (κ3) is 6.19. The summed E-state index contributed by atoms with van der Waals surface area (Å²) in [5, 5.41) is 6.38. The summed E-state index contributed by atoms with van der Waals surface area (Å²) in [5.41, 5.74) is 2.33. The van der Waals surface area contributed by atoms with Gasteiger partial charge < -0.3 is 10.6 Å². The number of carbonyl (C=O) groups is 1. The van der Waals surface area contributed by atoms with Gasteiger partial charge in [-0.1, -0.05) is 54.1 Å². The summed E-state index contributed by atoms with van der Waals surface area (Å²) in [6.45, 7) is 1.17. The standard InChI is InChI=1S/C18H21ClN2O/c19-17-11-6-10-16(13-17)14-21-18(22)20-12-5-4-9-15-7-2-1-3-8-15/h1-3,6-8,10-11,13H,4-5,9,12,14H2,(H2,20,21,22). The molecule has 4 heteroatoms. The Morgan fingerprint density at radius 2 is 1.68 bits per heavy atom. The lowest BCUT2D eigenvalue weighted by Crippen LogP contribution is -2.35. The van der Waals surface area contributed by atoms with Crippen molar-refractivity contribution in [2.75, 3.05) is 6.54 Å². The predicted octanol–water partition coefficient (Wildman–Crippen LogP) is 4.16. The first-order valence-electron chi connectivity index (χ1n) is 7.54. The summed E-state index contributed by atoms with van der Waals surface area (Å²) in [6, 6.07) is 17.7. The second-order valence-electron chi connectivity index (χ2n) is 5.18. The molecule has 2 rings (SSSR count). The van der Waals surface area contributed by atoms with Gasteiger partial charge in [-0.25, -0.2) is 4.79 Å². The van der Waals surface area contributed by atoms with Crippen LogP contribution in [0.15, 0.2) is 54.6 Å². The Balaban J connectivity index is 1.56. The van der Waals surface area contributed by atoms with Crippen LogP contribution >= 0.6 is 11.6 Å². The molecule has 2 aromatic rings. The molecule has 0 fully saturated rings. The zero-order valence-corrected chi connectivity index (χ0v) is 13.3. The molecule has 0 saturated heterocycles. The highest BCUT2D eigenvalue weighted by Crippen LogP contribution is 2.10. The zero-order valence-electron chi connectivity index (χ0n) is 12.5. The largest absolute Gasteiger partial charge is 0.338 e. The number of hydrogen-bond acceptors (Lipinski definition) is 1. The second kappa shape index (κ2) is 9.11. The van der Waals surface area contributed by atoms with Crippen molar-refractivity contribution in [1.29, 1.82) is 0 Å². The smallest absolute Gasteiger partial charge is 0.315 e. The van der Waals surface area contributed by atoms with Gasteiger partial charge >= 0.3 is 6.03 Å². The molecule has 0 aliphatic rings. The molecular weight excluding hydrogens is 296 g/mol. The highest BCUT2D eigenvalue weighted by atomic mass is 35.5. The number of rotatable bonds is 7. The molecule has 0 saturated carbocycles. The Morgan fingerprint density at radius 3 is 2.45 bits per heavy atom. The summed E-state index contributed by atoms with van der Waals surface area (Å²) in [4.78, 5) is 11.7. The molecule has 0 radical (unpaired) electrons. The van der Waals surface area contributed by atoms with Crippen LogP contribution in [0.5, 0.6) is 0 Å². The van der Waals surface area contributed by atoms with Gasteiger partial charge in [0, 0.05) is 18.1 Å². The third-order valence-corrected chi connectivity index (χ3v) is 3.60. The summed E-state index contributed by atoms with van der Waals surface area (Å²) in [5.74, 6) is 0. The lowest BCUT2D eigenvalue weighted by Gasteiger charge is -2.08. The monoisotopic (exact) mass is 316 g/mol. The molecule has 2 amide bonds. The topological polar surface area (TPSA) is 41.1 Å². The van der Waals surface area contributed by atoms with Crippen molar-refractivity contribution in [3.8, 4) is 0 Å². The minimum Gasteiger partial charge on any atom is -0.338 e. The van der Waals surface area contributed by atoms with Gasteiger partial charge in [-0.05, 0) is 42.5 Å². The lowest BCUT2D eigenvalue weighted by atomic mass is 10.1. The van der Waals surface area contributed by atoms with E-state index in [1.54, 1.807) is 0 Å². The van der Waals surface area contributed by atoms with Gasteiger partial charge in [-0.3, -0.25) is 0 Å². The van der Waals surface area contributed by atoms with Gasteiger partial charge in [0.05, 0.1) is 0 Å². The van der Waals surface area contributed by atoms with Crippen LogP contribution < -0.4 is 10.6 Å². The molecule has 0 heterocycles. The number of hydrogen-bond donors (Lipinski definition) is 2. The minimum atomic E-state index is -0.139. The van der Waals surface area contributed by atoms with Crippen LogP contribution in [0.1, 0.15) is 24.0 Å². The highest BCUT2D eigenvalue weighted by Gasteiger charge is 2.00. The first-order chi connectivity index (χ1) is 10.7. The first kappa shape index (κ1) is 16.4. The van der Waals surface area contributed by atoms with Gasteiger partial charge in [-0.2, -0.15) is 0 Å². The van der Waals surface area contributed by atoms with Gasteiger partial charge in [0.15, 0.2) is 0 Å². The number of amides is 2. The minimum absolute atomic E-state index is 0.139. The number of benzene rings is 2. The molecule has 22 heavy (non-hydrogen) atoms. The van der Waals surface area contributed by atoms with Crippen molar-refractivity contribution in [3.05, 3.63) is 70.7 Å². The maximum atomic E-state index is 11.7. The van der Waals surface area contributed by atoms with E-state index in [-0.39, 0.29) is 6.03 Å². The van der Waals surface area contributed by atoms with Crippen LogP contribution in [0.2, 0.25) is 5.02 Å². The average molecular weight is 317 g/mol. The van der Waals surface area contributed by atoms with E-state index < -0.39 is 0 Å². The van der Waals surface area contributed by atoms with Gasteiger partial charge in [0.25, 0.3) is 0 Å². The van der Waals surface area contributed by atoms with E-state index in [9.17, 15) is 4.79 Å². The van der Waals surface area contributed by atoms with E-state index in [4.69, 9.17) is 11.6 Å². The van der Waals surface area contributed by atoms with Gasteiger partial charge in [-0.15, -0.1) is 0 Å². The molecule has 0 atom stereocenters.